The van der Waals surface area contributed by atoms with Gasteiger partial charge in [-0.15, -0.1) is 0 Å². The number of anilines is 1. The Morgan fingerprint density at radius 1 is 1.07 bits per heavy atom. The molecule has 0 radical (unpaired) electrons. The number of halogens is 1. The molecule has 4 rings (SSSR count). The first kappa shape index (κ1) is 19.0. The van der Waals surface area contributed by atoms with Crippen LogP contribution in [-0.4, -0.2) is 36.7 Å². The van der Waals surface area contributed by atoms with E-state index in [0.717, 1.165) is 23.7 Å². The molecule has 6 nitrogen and oxygen atoms in total. The van der Waals surface area contributed by atoms with Crippen molar-refractivity contribution in [3.05, 3.63) is 64.8 Å². The average molecular weight is 460 g/mol. The molecule has 28 heavy (non-hydrogen) atoms. The van der Waals surface area contributed by atoms with Gasteiger partial charge in [-0.25, -0.2) is 8.42 Å². The monoisotopic (exact) mass is 459 g/mol. The molecule has 0 saturated carbocycles. The van der Waals surface area contributed by atoms with Gasteiger partial charge in [0.05, 0.1) is 21.7 Å². The Morgan fingerprint density at radius 3 is 2.64 bits per heavy atom. The summed E-state index contributed by atoms with van der Waals surface area (Å²) >= 11 is 3.36. The van der Waals surface area contributed by atoms with Crippen LogP contribution in [0.15, 0.2) is 64.1 Å². The van der Waals surface area contributed by atoms with E-state index in [1.807, 2.05) is 18.2 Å². The molecule has 2 aromatic carbocycles. The van der Waals surface area contributed by atoms with E-state index in [-0.39, 0.29) is 16.4 Å². The number of benzene rings is 2. The lowest BCUT2D eigenvalue weighted by atomic mass is 10.1. The third-order valence-electron chi connectivity index (χ3n) is 4.78. The molecule has 0 atom stereocenters. The van der Waals surface area contributed by atoms with Gasteiger partial charge in [0, 0.05) is 29.1 Å². The van der Waals surface area contributed by atoms with E-state index in [4.69, 9.17) is 0 Å². The van der Waals surface area contributed by atoms with Crippen molar-refractivity contribution in [3.8, 4) is 0 Å². The third kappa shape index (κ3) is 3.55. The zero-order valence-electron chi connectivity index (χ0n) is 14.9. The maximum Gasteiger partial charge on any atom is 0.256 e. The number of amides is 1. The normalized spacial score (nSPS) is 15.0. The largest absolute Gasteiger partial charge is 0.321 e. The van der Waals surface area contributed by atoms with Crippen LogP contribution in [0.25, 0.3) is 10.9 Å². The molecule has 1 aliphatic rings. The molecule has 0 spiro atoms. The maximum absolute atomic E-state index is 12.9. The van der Waals surface area contributed by atoms with Gasteiger partial charge in [0.15, 0.2) is 0 Å². The predicted molar refractivity (Wildman–Crippen MR) is 112 cm³/mol. The number of sulfonamides is 1. The Hall–Kier alpha value is -2.29. The first-order valence-electron chi connectivity index (χ1n) is 8.91. The maximum atomic E-state index is 12.9. The summed E-state index contributed by atoms with van der Waals surface area (Å²) in [7, 11) is -3.60. The molecule has 1 aromatic heterocycles. The molecule has 1 aliphatic heterocycles. The molecule has 1 fully saturated rings. The smallest absolute Gasteiger partial charge is 0.256 e. The summed E-state index contributed by atoms with van der Waals surface area (Å²) in [6.45, 7) is 1.03. The summed E-state index contributed by atoms with van der Waals surface area (Å²) in [4.78, 5) is 17.3. The van der Waals surface area contributed by atoms with Crippen molar-refractivity contribution in [2.75, 3.05) is 18.4 Å². The summed E-state index contributed by atoms with van der Waals surface area (Å²) in [6.07, 6.45) is 3.41. The quantitative estimate of drug-likeness (QED) is 0.638. The van der Waals surface area contributed by atoms with Crippen LogP contribution in [-0.2, 0) is 10.0 Å². The number of hydrogen-bond donors (Lipinski definition) is 1. The van der Waals surface area contributed by atoms with Gasteiger partial charge in [0.2, 0.25) is 10.0 Å². The van der Waals surface area contributed by atoms with E-state index in [1.54, 1.807) is 24.4 Å². The Bertz CT molecular complexity index is 1150. The SMILES string of the molecule is O=C(Nc1cccc2ncccc12)c1cc(S(=O)(=O)N2CCCC2)ccc1Br. The highest BCUT2D eigenvalue weighted by molar-refractivity contribution is 9.10. The Kier molecular flexibility index (Phi) is 5.18. The number of carbonyl (C=O) groups excluding carboxylic acids is 1. The Morgan fingerprint density at radius 2 is 1.86 bits per heavy atom. The van der Waals surface area contributed by atoms with Gasteiger partial charge in [0.1, 0.15) is 0 Å². The van der Waals surface area contributed by atoms with Crippen LogP contribution >= 0.6 is 15.9 Å². The minimum atomic E-state index is -3.60. The van der Waals surface area contributed by atoms with Crippen molar-refractivity contribution in [2.45, 2.75) is 17.7 Å². The van der Waals surface area contributed by atoms with Crippen molar-refractivity contribution < 1.29 is 13.2 Å². The topological polar surface area (TPSA) is 79.4 Å². The highest BCUT2D eigenvalue weighted by Gasteiger charge is 2.28. The Labute approximate surface area is 171 Å². The fourth-order valence-corrected chi connectivity index (χ4v) is 5.29. The van der Waals surface area contributed by atoms with Gasteiger partial charge in [-0.2, -0.15) is 4.31 Å². The first-order valence-corrected chi connectivity index (χ1v) is 11.1. The molecule has 0 aliphatic carbocycles. The predicted octanol–water partition coefficient (Wildman–Crippen LogP) is 4.03. The van der Waals surface area contributed by atoms with Crippen LogP contribution in [0.3, 0.4) is 0 Å². The van der Waals surface area contributed by atoms with Gasteiger partial charge < -0.3 is 5.32 Å². The molecular weight excluding hydrogens is 442 g/mol. The van der Waals surface area contributed by atoms with Crippen LogP contribution < -0.4 is 5.32 Å². The number of nitrogens with one attached hydrogen (secondary N) is 1. The molecule has 3 aromatic rings. The van der Waals surface area contributed by atoms with E-state index in [9.17, 15) is 13.2 Å². The van der Waals surface area contributed by atoms with Crippen LogP contribution in [0.1, 0.15) is 23.2 Å². The fraction of sp³-hybridized carbons (Fsp3) is 0.200. The van der Waals surface area contributed by atoms with Crippen molar-refractivity contribution in [3.63, 3.8) is 0 Å². The van der Waals surface area contributed by atoms with Crippen LogP contribution in [0, 0.1) is 0 Å². The summed E-state index contributed by atoms with van der Waals surface area (Å²) in [6, 6.07) is 13.7. The van der Waals surface area contributed by atoms with Gasteiger partial charge in [-0.3, -0.25) is 9.78 Å². The number of nitrogens with zero attached hydrogens (tertiary/aromatic N) is 2. The lowest BCUT2D eigenvalue weighted by Gasteiger charge is -2.16. The van der Waals surface area contributed by atoms with Crippen LogP contribution in [0.5, 0.6) is 0 Å². The molecule has 1 saturated heterocycles. The number of aromatic nitrogens is 1. The molecular formula is C20H18BrN3O3S. The van der Waals surface area contributed by atoms with Crippen molar-refractivity contribution in [2.24, 2.45) is 0 Å². The summed E-state index contributed by atoms with van der Waals surface area (Å²) in [5, 5.41) is 3.69. The number of carbonyl (C=O) groups is 1. The van der Waals surface area contributed by atoms with E-state index in [2.05, 4.69) is 26.2 Å². The second kappa shape index (κ2) is 7.62. The van der Waals surface area contributed by atoms with Crippen molar-refractivity contribution in [1.29, 1.82) is 0 Å². The number of pyridine rings is 1. The van der Waals surface area contributed by atoms with E-state index in [1.165, 1.54) is 16.4 Å². The number of hydrogen-bond acceptors (Lipinski definition) is 4. The Balaban J connectivity index is 1.68. The van der Waals surface area contributed by atoms with Gasteiger partial charge >= 0.3 is 0 Å². The molecule has 8 heteroatoms. The molecule has 144 valence electrons. The van der Waals surface area contributed by atoms with Crippen LogP contribution in [0.2, 0.25) is 0 Å². The van der Waals surface area contributed by atoms with Gasteiger partial charge in [0.25, 0.3) is 5.91 Å². The first-order chi connectivity index (χ1) is 13.5. The molecule has 0 unspecified atom stereocenters. The molecule has 1 N–H and O–H groups in total. The van der Waals surface area contributed by atoms with E-state index in [0.29, 0.717) is 23.2 Å². The average Bonchev–Trinajstić information content (AvgIpc) is 3.24. The lowest BCUT2D eigenvalue weighted by Crippen LogP contribution is -2.28. The van der Waals surface area contributed by atoms with Crippen LogP contribution in [0.4, 0.5) is 5.69 Å². The number of fused-ring (bicyclic) bond motifs is 1. The van der Waals surface area contributed by atoms with Crippen molar-refractivity contribution >= 4 is 48.5 Å². The van der Waals surface area contributed by atoms with Gasteiger partial charge in [-0.1, -0.05) is 6.07 Å². The standard InChI is InChI=1S/C20H18BrN3O3S/c21-17-9-8-14(28(26,27)24-11-1-2-12-24)13-16(17)20(25)23-19-7-3-6-18-15(19)5-4-10-22-18/h3-10,13H,1-2,11-12H2,(H,23,25). The van der Waals surface area contributed by atoms with Crippen molar-refractivity contribution in [1.82, 2.24) is 9.29 Å². The van der Waals surface area contributed by atoms with E-state index >= 15 is 0 Å². The third-order valence-corrected chi connectivity index (χ3v) is 7.37. The van der Waals surface area contributed by atoms with E-state index < -0.39 is 10.0 Å². The second-order valence-corrected chi connectivity index (χ2v) is 9.37. The summed E-state index contributed by atoms with van der Waals surface area (Å²) in [5.41, 5.74) is 1.65. The zero-order valence-corrected chi connectivity index (χ0v) is 17.3. The van der Waals surface area contributed by atoms with Gasteiger partial charge in [-0.05, 0) is 71.2 Å². The number of rotatable bonds is 4. The minimum absolute atomic E-state index is 0.127. The lowest BCUT2D eigenvalue weighted by molar-refractivity contribution is 0.102. The highest BCUT2D eigenvalue weighted by Crippen LogP contribution is 2.27. The second-order valence-electron chi connectivity index (χ2n) is 6.58. The fourth-order valence-electron chi connectivity index (χ4n) is 3.32. The summed E-state index contributed by atoms with van der Waals surface area (Å²) < 4.78 is 27.6. The molecule has 1 amide bonds. The highest BCUT2D eigenvalue weighted by atomic mass is 79.9. The zero-order chi connectivity index (χ0) is 19.7. The molecule has 0 bridgehead atoms. The summed E-state index contributed by atoms with van der Waals surface area (Å²) in [5.74, 6) is -0.387. The molecule has 2 heterocycles. The minimum Gasteiger partial charge on any atom is -0.321 e.